The first-order valence-electron chi connectivity index (χ1n) is 5.03. The second kappa shape index (κ2) is 4.90. The number of rotatable bonds is 1. The molecule has 17 heavy (non-hydrogen) atoms. The van der Waals surface area contributed by atoms with Crippen LogP contribution in [0.5, 0.6) is 0 Å². The van der Waals surface area contributed by atoms with E-state index in [2.05, 4.69) is 10.9 Å². The van der Waals surface area contributed by atoms with Crippen LogP contribution in [0.15, 0.2) is 12.1 Å². The predicted molar refractivity (Wildman–Crippen MR) is 72.4 cm³/mol. The van der Waals surface area contributed by atoms with Gasteiger partial charge in [0, 0.05) is 16.5 Å². The summed E-state index contributed by atoms with van der Waals surface area (Å²) in [7, 11) is 0. The van der Waals surface area contributed by atoms with E-state index in [1.54, 1.807) is 0 Å². The summed E-state index contributed by atoms with van der Waals surface area (Å²) in [6, 6.07) is 3.58. The largest absolute Gasteiger partial charge is 0.286 e. The summed E-state index contributed by atoms with van der Waals surface area (Å²) < 4.78 is 0. The fraction of sp³-hybridized carbons (Fsp3) is 0.273. The highest BCUT2D eigenvalue weighted by Gasteiger charge is 2.24. The third-order valence-corrected chi connectivity index (χ3v) is 3.85. The minimum Gasteiger partial charge on any atom is -0.286 e. The smallest absolute Gasteiger partial charge is 0.272 e. The molecule has 3 nitrogen and oxygen atoms in total. The normalized spacial score (nSPS) is 20.3. The Morgan fingerprint density at radius 1 is 1.35 bits per heavy atom. The van der Waals surface area contributed by atoms with Crippen molar-refractivity contribution in [3.8, 4) is 0 Å². The van der Waals surface area contributed by atoms with Gasteiger partial charge in [0.15, 0.2) is 0 Å². The monoisotopic (exact) mass is 288 g/mol. The molecule has 0 bridgehead atoms. The molecule has 1 saturated heterocycles. The van der Waals surface area contributed by atoms with E-state index in [0.29, 0.717) is 21.3 Å². The van der Waals surface area contributed by atoms with E-state index >= 15 is 0 Å². The van der Waals surface area contributed by atoms with Crippen molar-refractivity contribution in [1.29, 1.82) is 0 Å². The highest BCUT2D eigenvalue weighted by Crippen LogP contribution is 2.30. The van der Waals surface area contributed by atoms with Crippen LogP contribution in [0.4, 0.5) is 0 Å². The number of thiocarbonyl (C=S) groups is 1. The molecular weight excluding hydrogens is 279 g/mol. The van der Waals surface area contributed by atoms with E-state index in [0.717, 1.165) is 11.1 Å². The first-order valence-corrected chi connectivity index (χ1v) is 6.19. The lowest BCUT2D eigenvalue weighted by Crippen LogP contribution is -2.49. The highest BCUT2D eigenvalue weighted by molar-refractivity contribution is 7.82. The zero-order valence-electron chi connectivity index (χ0n) is 9.01. The molecule has 2 rings (SSSR count). The number of amides is 1. The van der Waals surface area contributed by atoms with Gasteiger partial charge < -0.3 is 0 Å². The molecule has 0 radical (unpaired) electrons. The number of hydrazine groups is 1. The summed E-state index contributed by atoms with van der Waals surface area (Å²) in [4.78, 5) is 11.6. The first-order chi connectivity index (χ1) is 7.99. The summed E-state index contributed by atoms with van der Waals surface area (Å²) in [6.45, 7) is 1.86. The summed E-state index contributed by atoms with van der Waals surface area (Å²) in [5.74, 6) is -0.249. The average Bonchev–Trinajstić information content (AvgIpc) is 2.29. The number of hydrogen-bond acceptors (Lipinski definition) is 3. The Balaban J connectivity index is 2.29. The fourth-order valence-corrected chi connectivity index (χ4v) is 2.34. The molecule has 1 unspecified atom stereocenters. The Morgan fingerprint density at radius 3 is 2.47 bits per heavy atom. The van der Waals surface area contributed by atoms with E-state index in [1.807, 2.05) is 19.1 Å². The van der Waals surface area contributed by atoms with Crippen molar-refractivity contribution in [3.05, 3.63) is 33.3 Å². The minimum atomic E-state index is -0.249. The third-order valence-electron chi connectivity index (χ3n) is 2.71. The zero-order chi connectivity index (χ0) is 12.6. The lowest BCUT2D eigenvalue weighted by molar-refractivity contribution is -0.116. The van der Waals surface area contributed by atoms with E-state index in [4.69, 9.17) is 35.4 Å². The molecule has 6 heteroatoms. The van der Waals surface area contributed by atoms with Crippen molar-refractivity contribution >= 4 is 46.2 Å². The number of hydrogen-bond donors (Lipinski definition) is 2. The van der Waals surface area contributed by atoms with Gasteiger partial charge in [-0.1, -0.05) is 35.4 Å². The van der Waals surface area contributed by atoms with Crippen LogP contribution in [-0.2, 0) is 4.79 Å². The molecule has 1 aliphatic heterocycles. The molecule has 0 spiro atoms. The van der Waals surface area contributed by atoms with Crippen molar-refractivity contribution < 1.29 is 4.79 Å². The van der Waals surface area contributed by atoms with E-state index in [-0.39, 0.29) is 11.9 Å². The van der Waals surface area contributed by atoms with Crippen LogP contribution in [0, 0.1) is 6.92 Å². The summed E-state index contributed by atoms with van der Waals surface area (Å²) >= 11 is 17.1. The topological polar surface area (TPSA) is 41.1 Å². The Morgan fingerprint density at radius 2 is 1.94 bits per heavy atom. The third kappa shape index (κ3) is 2.60. The summed E-state index contributed by atoms with van der Waals surface area (Å²) in [5, 5.41) is 1.22. The molecule has 1 atom stereocenters. The van der Waals surface area contributed by atoms with Gasteiger partial charge in [-0.25, -0.2) is 5.43 Å². The maximum absolute atomic E-state index is 11.2. The van der Waals surface area contributed by atoms with Crippen molar-refractivity contribution in [2.45, 2.75) is 19.4 Å². The molecule has 0 saturated carbocycles. The molecule has 1 heterocycles. The molecule has 1 amide bonds. The molecule has 1 aromatic rings. The average molecular weight is 289 g/mol. The van der Waals surface area contributed by atoms with Crippen LogP contribution < -0.4 is 10.9 Å². The first kappa shape index (κ1) is 12.8. The van der Waals surface area contributed by atoms with Crippen molar-refractivity contribution in [2.24, 2.45) is 0 Å². The van der Waals surface area contributed by atoms with Gasteiger partial charge in [0.25, 0.3) is 5.91 Å². The fourth-order valence-electron chi connectivity index (χ4n) is 1.62. The van der Waals surface area contributed by atoms with Gasteiger partial charge in [0.1, 0.15) is 0 Å². The van der Waals surface area contributed by atoms with Gasteiger partial charge in [-0.05, 0) is 30.2 Å². The number of nitrogens with one attached hydrogen (secondary N) is 2. The van der Waals surface area contributed by atoms with Crippen LogP contribution in [-0.4, -0.2) is 10.8 Å². The summed E-state index contributed by atoms with van der Waals surface area (Å²) in [5.41, 5.74) is 7.16. The lowest BCUT2D eigenvalue weighted by Gasteiger charge is -2.25. The molecule has 1 aromatic carbocycles. The van der Waals surface area contributed by atoms with Gasteiger partial charge in [0.2, 0.25) is 0 Å². The minimum absolute atomic E-state index is 0.0872. The van der Waals surface area contributed by atoms with Gasteiger partial charge in [0.05, 0.1) is 10.9 Å². The number of carbonyl (C=O) groups excluding carboxylic acids is 1. The SMILES string of the molecule is Cc1c(Cl)cc(C2CC(=S)C(=O)NN2)cc1Cl. The standard InChI is InChI=1S/C11H10Cl2N2OS/c1-5-7(12)2-6(3-8(5)13)9-4-10(17)11(16)15-14-9/h2-3,9,14H,4H2,1H3,(H,15,16). The Kier molecular flexibility index (Phi) is 3.68. The molecule has 0 aliphatic carbocycles. The van der Waals surface area contributed by atoms with E-state index in [9.17, 15) is 4.79 Å². The van der Waals surface area contributed by atoms with E-state index in [1.165, 1.54) is 0 Å². The van der Waals surface area contributed by atoms with Gasteiger partial charge in [-0.3, -0.25) is 10.2 Å². The van der Waals surface area contributed by atoms with Crippen LogP contribution in [0.1, 0.15) is 23.6 Å². The van der Waals surface area contributed by atoms with Gasteiger partial charge >= 0.3 is 0 Å². The van der Waals surface area contributed by atoms with E-state index < -0.39 is 0 Å². The van der Waals surface area contributed by atoms with Crippen molar-refractivity contribution in [3.63, 3.8) is 0 Å². The Hall–Kier alpha value is -0.680. The Labute approximate surface area is 114 Å². The van der Waals surface area contributed by atoms with Crippen LogP contribution in [0.2, 0.25) is 10.0 Å². The maximum atomic E-state index is 11.2. The predicted octanol–water partition coefficient (Wildman–Crippen LogP) is 2.74. The van der Waals surface area contributed by atoms with Crippen LogP contribution in [0.3, 0.4) is 0 Å². The maximum Gasteiger partial charge on any atom is 0.272 e. The molecular formula is C11H10Cl2N2OS. The summed E-state index contributed by atoms with van der Waals surface area (Å²) in [6.07, 6.45) is 0.469. The Bertz CT molecular complexity index is 481. The van der Waals surface area contributed by atoms with Crippen molar-refractivity contribution in [1.82, 2.24) is 10.9 Å². The quantitative estimate of drug-likeness (QED) is 0.781. The molecule has 0 aromatic heterocycles. The number of halogens is 2. The van der Waals surface area contributed by atoms with Gasteiger partial charge in [-0.15, -0.1) is 0 Å². The second-order valence-corrected chi connectivity index (χ2v) is 5.20. The lowest BCUT2D eigenvalue weighted by atomic mass is 10.00. The van der Waals surface area contributed by atoms with Crippen LogP contribution >= 0.6 is 35.4 Å². The van der Waals surface area contributed by atoms with Crippen molar-refractivity contribution in [2.75, 3.05) is 0 Å². The highest BCUT2D eigenvalue weighted by atomic mass is 35.5. The molecule has 1 aliphatic rings. The molecule has 2 N–H and O–H groups in total. The molecule has 1 fully saturated rings. The molecule has 90 valence electrons. The van der Waals surface area contributed by atoms with Crippen LogP contribution in [0.25, 0.3) is 0 Å². The zero-order valence-corrected chi connectivity index (χ0v) is 11.3. The second-order valence-electron chi connectivity index (χ2n) is 3.89. The number of carbonyl (C=O) groups is 1. The number of benzene rings is 1. The van der Waals surface area contributed by atoms with Gasteiger partial charge in [-0.2, -0.15) is 0 Å².